The summed E-state index contributed by atoms with van der Waals surface area (Å²) in [4.78, 5) is 11.1. The van der Waals surface area contributed by atoms with Crippen LogP contribution >= 0.6 is 11.6 Å². The molecule has 0 heterocycles. The first-order valence-electron chi connectivity index (χ1n) is 4.37. The minimum Gasteiger partial charge on any atom is -0.342 e. The molecule has 0 atom stereocenters. The smallest absolute Gasteiger partial charge is 0.244 e. The van der Waals surface area contributed by atoms with Gasteiger partial charge in [-0.2, -0.15) is 0 Å². The third kappa shape index (κ3) is 4.35. The van der Waals surface area contributed by atoms with Crippen LogP contribution in [0.15, 0.2) is 30.3 Å². The number of carbonyl (C=O) groups is 1. The minimum atomic E-state index is -0.206. The van der Waals surface area contributed by atoms with Gasteiger partial charge in [-0.05, 0) is 23.8 Å². The summed E-state index contributed by atoms with van der Waals surface area (Å²) in [5.41, 5.74) is 0.912. The summed E-state index contributed by atoms with van der Waals surface area (Å²) in [5.74, 6) is 2.12. The van der Waals surface area contributed by atoms with Gasteiger partial charge in [-0.25, -0.2) is 0 Å². The molecule has 0 saturated heterocycles. The Labute approximate surface area is 93.9 Å². The summed E-state index contributed by atoms with van der Waals surface area (Å²) in [6.07, 6.45) is 8.12. The fraction of sp³-hybridized carbons (Fsp3) is 0.0833. The Morgan fingerprint density at radius 2 is 2.13 bits per heavy atom. The highest BCUT2D eigenvalue weighted by molar-refractivity contribution is 6.30. The molecule has 1 rings (SSSR count). The second kappa shape index (κ2) is 5.90. The highest BCUT2D eigenvalue weighted by atomic mass is 35.5. The highest BCUT2D eigenvalue weighted by Gasteiger charge is 1.92. The number of amides is 1. The summed E-state index contributed by atoms with van der Waals surface area (Å²) >= 11 is 5.72. The van der Waals surface area contributed by atoms with E-state index in [-0.39, 0.29) is 12.5 Å². The molecule has 0 saturated carbocycles. The van der Waals surface area contributed by atoms with Crippen molar-refractivity contribution in [1.82, 2.24) is 5.32 Å². The molecule has 1 amide bonds. The first kappa shape index (κ1) is 11.4. The second-order valence-electron chi connectivity index (χ2n) is 2.81. The van der Waals surface area contributed by atoms with Crippen molar-refractivity contribution in [1.29, 1.82) is 0 Å². The van der Waals surface area contributed by atoms with Crippen molar-refractivity contribution in [2.45, 2.75) is 0 Å². The Morgan fingerprint density at radius 3 is 2.73 bits per heavy atom. The molecule has 0 unspecified atom stereocenters. The van der Waals surface area contributed by atoms with Crippen molar-refractivity contribution in [3.63, 3.8) is 0 Å². The van der Waals surface area contributed by atoms with Gasteiger partial charge in [-0.15, -0.1) is 6.42 Å². The molecule has 0 aliphatic carbocycles. The van der Waals surface area contributed by atoms with Gasteiger partial charge in [0.15, 0.2) is 0 Å². The van der Waals surface area contributed by atoms with Crippen molar-refractivity contribution < 1.29 is 4.79 Å². The SMILES string of the molecule is C#CCNC(=O)C=Cc1ccc(Cl)cc1. The van der Waals surface area contributed by atoms with E-state index in [9.17, 15) is 4.79 Å². The fourth-order valence-electron chi connectivity index (χ4n) is 0.943. The van der Waals surface area contributed by atoms with E-state index < -0.39 is 0 Å². The lowest BCUT2D eigenvalue weighted by Crippen LogP contribution is -2.20. The van der Waals surface area contributed by atoms with E-state index in [1.54, 1.807) is 18.2 Å². The predicted octanol–water partition coefficient (Wildman–Crippen LogP) is 2.10. The van der Waals surface area contributed by atoms with Crippen LogP contribution in [-0.2, 0) is 4.79 Å². The maximum absolute atomic E-state index is 11.1. The standard InChI is InChI=1S/C12H10ClNO/c1-2-9-14-12(15)8-5-10-3-6-11(13)7-4-10/h1,3-8H,9H2,(H,14,15). The van der Waals surface area contributed by atoms with Gasteiger partial charge < -0.3 is 5.32 Å². The lowest BCUT2D eigenvalue weighted by atomic mass is 10.2. The maximum atomic E-state index is 11.1. The summed E-state index contributed by atoms with van der Waals surface area (Å²) in [6.45, 7) is 0.240. The molecule has 0 radical (unpaired) electrons. The molecule has 0 bridgehead atoms. The Morgan fingerprint density at radius 1 is 1.47 bits per heavy atom. The van der Waals surface area contributed by atoms with E-state index in [1.807, 2.05) is 12.1 Å². The van der Waals surface area contributed by atoms with Crippen LogP contribution in [0.1, 0.15) is 5.56 Å². The van der Waals surface area contributed by atoms with E-state index >= 15 is 0 Å². The van der Waals surface area contributed by atoms with E-state index in [4.69, 9.17) is 18.0 Å². The lowest BCUT2D eigenvalue weighted by molar-refractivity contribution is -0.116. The summed E-state index contributed by atoms with van der Waals surface area (Å²) < 4.78 is 0. The molecule has 76 valence electrons. The summed E-state index contributed by atoms with van der Waals surface area (Å²) in [7, 11) is 0. The van der Waals surface area contributed by atoms with Gasteiger partial charge in [0.25, 0.3) is 0 Å². The van der Waals surface area contributed by atoms with Gasteiger partial charge in [0.05, 0.1) is 6.54 Å². The molecule has 0 fully saturated rings. The zero-order chi connectivity index (χ0) is 11.1. The van der Waals surface area contributed by atoms with Crippen molar-refractivity contribution in [3.05, 3.63) is 40.9 Å². The zero-order valence-corrected chi connectivity index (χ0v) is 8.79. The van der Waals surface area contributed by atoms with E-state index in [0.29, 0.717) is 5.02 Å². The van der Waals surface area contributed by atoms with Crippen LogP contribution in [0.4, 0.5) is 0 Å². The normalized spacial score (nSPS) is 9.87. The second-order valence-corrected chi connectivity index (χ2v) is 3.24. The van der Waals surface area contributed by atoms with Crippen molar-refractivity contribution in [2.75, 3.05) is 6.54 Å². The molecule has 0 aromatic heterocycles. The number of hydrogen-bond donors (Lipinski definition) is 1. The Hall–Kier alpha value is -1.72. The van der Waals surface area contributed by atoms with Gasteiger partial charge in [-0.3, -0.25) is 4.79 Å². The average molecular weight is 220 g/mol. The molecule has 0 aliphatic heterocycles. The molecule has 2 nitrogen and oxygen atoms in total. The van der Waals surface area contributed by atoms with Crippen LogP contribution in [0.2, 0.25) is 5.02 Å². The molecule has 1 N–H and O–H groups in total. The van der Waals surface area contributed by atoms with Gasteiger partial charge in [0.1, 0.15) is 0 Å². The van der Waals surface area contributed by atoms with Crippen molar-refractivity contribution >= 4 is 23.6 Å². The lowest BCUT2D eigenvalue weighted by Gasteiger charge is -1.95. The predicted molar refractivity (Wildman–Crippen MR) is 62.3 cm³/mol. The summed E-state index contributed by atoms with van der Waals surface area (Å²) in [6, 6.07) is 7.18. The summed E-state index contributed by atoms with van der Waals surface area (Å²) in [5, 5.41) is 3.20. The molecular formula is C12H10ClNO. The average Bonchev–Trinajstić information content (AvgIpc) is 2.25. The highest BCUT2D eigenvalue weighted by Crippen LogP contribution is 2.10. The van der Waals surface area contributed by atoms with Crippen molar-refractivity contribution in [3.8, 4) is 12.3 Å². The molecule has 0 spiro atoms. The van der Waals surface area contributed by atoms with Crippen LogP contribution < -0.4 is 5.32 Å². The molecule has 0 aliphatic rings. The monoisotopic (exact) mass is 219 g/mol. The van der Waals surface area contributed by atoms with Gasteiger partial charge in [0, 0.05) is 11.1 Å². The molecule has 15 heavy (non-hydrogen) atoms. The first-order valence-corrected chi connectivity index (χ1v) is 4.75. The fourth-order valence-corrected chi connectivity index (χ4v) is 1.07. The van der Waals surface area contributed by atoms with Crippen LogP contribution in [0, 0.1) is 12.3 Å². The Bertz CT molecular complexity index is 401. The first-order chi connectivity index (χ1) is 7.22. The number of rotatable bonds is 3. The van der Waals surface area contributed by atoms with Gasteiger partial charge >= 0.3 is 0 Å². The molecule has 3 heteroatoms. The van der Waals surface area contributed by atoms with Gasteiger partial charge in [-0.1, -0.05) is 29.7 Å². The molecule has 1 aromatic rings. The number of nitrogens with one attached hydrogen (secondary N) is 1. The number of benzene rings is 1. The maximum Gasteiger partial charge on any atom is 0.244 e. The minimum absolute atomic E-state index is 0.206. The largest absolute Gasteiger partial charge is 0.342 e. The Balaban J connectivity index is 2.54. The molecular weight excluding hydrogens is 210 g/mol. The van der Waals surface area contributed by atoms with Crippen LogP contribution in [0.25, 0.3) is 6.08 Å². The van der Waals surface area contributed by atoms with E-state index in [0.717, 1.165) is 5.56 Å². The number of carbonyl (C=O) groups excluding carboxylic acids is 1. The quantitative estimate of drug-likeness (QED) is 0.612. The zero-order valence-electron chi connectivity index (χ0n) is 8.03. The number of terminal acetylenes is 1. The number of halogens is 1. The Kier molecular flexibility index (Phi) is 4.46. The topological polar surface area (TPSA) is 29.1 Å². The van der Waals surface area contributed by atoms with E-state index in [2.05, 4.69) is 11.2 Å². The van der Waals surface area contributed by atoms with Crippen LogP contribution in [0.5, 0.6) is 0 Å². The third-order valence-corrected chi connectivity index (χ3v) is 1.91. The van der Waals surface area contributed by atoms with Crippen LogP contribution in [-0.4, -0.2) is 12.5 Å². The van der Waals surface area contributed by atoms with Crippen LogP contribution in [0.3, 0.4) is 0 Å². The van der Waals surface area contributed by atoms with Crippen molar-refractivity contribution in [2.24, 2.45) is 0 Å². The third-order valence-electron chi connectivity index (χ3n) is 1.66. The number of hydrogen-bond acceptors (Lipinski definition) is 1. The van der Waals surface area contributed by atoms with E-state index in [1.165, 1.54) is 6.08 Å². The van der Waals surface area contributed by atoms with Gasteiger partial charge in [0.2, 0.25) is 5.91 Å². The molecule has 1 aromatic carbocycles.